The lowest BCUT2D eigenvalue weighted by molar-refractivity contribution is 0.412. The molecule has 2 N–H and O–H groups in total. The number of hydrogen-bond acceptors (Lipinski definition) is 2. The van der Waals surface area contributed by atoms with Crippen molar-refractivity contribution >= 4 is 5.96 Å². The highest BCUT2D eigenvalue weighted by Gasteiger charge is 2.21. The van der Waals surface area contributed by atoms with Crippen molar-refractivity contribution < 1.29 is 4.74 Å². The van der Waals surface area contributed by atoms with Crippen LogP contribution in [0.4, 0.5) is 0 Å². The van der Waals surface area contributed by atoms with E-state index < -0.39 is 0 Å². The summed E-state index contributed by atoms with van der Waals surface area (Å²) in [7, 11) is 1.70. The molecule has 1 aromatic carbocycles. The van der Waals surface area contributed by atoms with E-state index in [0.29, 0.717) is 6.04 Å². The number of nitrogens with one attached hydrogen (secondary N) is 2. The van der Waals surface area contributed by atoms with E-state index in [1.54, 1.807) is 7.11 Å². The quantitative estimate of drug-likeness (QED) is 0.481. The predicted octanol–water partition coefficient (Wildman–Crippen LogP) is 3.25. The Kier molecular flexibility index (Phi) is 6.08. The molecule has 1 aromatic rings. The second kappa shape index (κ2) is 8.04. The normalized spacial score (nSPS) is 15.7. The Morgan fingerprint density at radius 1 is 1.30 bits per heavy atom. The van der Waals surface area contributed by atoms with Gasteiger partial charge in [-0.25, -0.2) is 0 Å². The lowest BCUT2D eigenvalue weighted by Crippen LogP contribution is -2.43. The molecule has 1 aliphatic rings. The molecular formula is C19H29N3O. The monoisotopic (exact) mass is 315 g/mol. The molecule has 1 aliphatic carbocycles. The van der Waals surface area contributed by atoms with Crippen molar-refractivity contribution in [1.82, 2.24) is 10.6 Å². The molecule has 0 spiro atoms. The van der Waals surface area contributed by atoms with Gasteiger partial charge in [-0.3, -0.25) is 4.99 Å². The zero-order chi connectivity index (χ0) is 16.7. The summed E-state index contributed by atoms with van der Waals surface area (Å²) in [5.41, 5.74) is 1.18. The number of ether oxygens (including phenoxy) is 1. The largest absolute Gasteiger partial charge is 0.497 e. The Hall–Kier alpha value is -1.97. The Balaban J connectivity index is 2.05. The molecule has 4 nitrogen and oxygen atoms in total. The van der Waals surface area contributed by atoms with Crippen molar-refractivity contribution in [3.05, 3.63) is 42.0 Å². The van der Waals surface area contributed by atoms with Crippen molar-refractivity contribution in [3.8, 4) is 5.75 Å². The minimum absolute atomic E-state index is 0.0508. The van der Waals surface area contributed by atoms with Crippen molar-refractivity contribution in [2.75, 3.05) is 20.2 Å². The third kappa shape index (κ3) is 5.02. The first-order chi connectivity index (χ1) is 11.0. The van der Waals surface area contributed by atoms with Crippen molar-refractivity contribution in [2.24, 2.45) is 4.99 Å². The van der Waals surface area contributed by atoms with Crippen molar-refractivity contribution in [1.29, 1.82) is 0 Å². The van der Waals surface area contributed by atoms with Crippen LogP contribution in [0.5, 0.6) is 5.75 Å². The summed E-state index contributed by atoms with van der Waals surface area (Å²) in [5.74, 6) is 1.79. The molecule has 0 aliphatic heterocycles. The van der Waals surface area contributed by atoms with Gasteiger partial charge in [-0.2, -0.15) is 0 Å². The van der Waals surface area contributed by atoms with E-state index in [1.165, 1.54) is 5.56 Å². The van der Waals surface area contributed by atoms with Crippen LogP contribution in [0.1, 0.15) is 39.2 Å². The van der Waals surface area contributed by atoms with E-state index in [-0.39, 0.29) is 5.41 Å². The van der Waals surface area contributed by atoms with Crippen LogP contribution >= 0.6 is 0 Å². The topological polar surface area (TPSA) is 45.7 Å². The highest BCUT2D eigenvalue weighted by Crippen LogP contribution is 2.26. The van der Waals surface area contributed by atoms with Crippen LogP contribution in [0.15, 0.2) is 41.4 Å². The van der Waals surface area contributed by atoms with Crippen LogP contribution in [0.3, 0.4) is 0 Å². The van der Waals surface area contributed by atoms with Gasteiger partial charge in [0.2, 0.25) is 0 Å². The molecule has 0 unspecified atom stereocenters. The van der Waals surface area contributed by atoms with Gasteiger partial charge in [-0.05, 0) is 37.5 Å². The highest BCUT2D eigenvalue weighted by atomic mass is 16.5. The summed E-state index contributed by atoms with van der Waals surface area (Å²) in [6.07, 6.45) is 6.59. The summed E-state index contributed by atoms with van der Waals surface area (Å²) in [6, 6.07) is 8.71. The molecule has 0 amide bonds. The van der Waals surface area contributed by atoms with Crippen LogP contribution < -0.4 is 15.4 Å². The average Bonchev–Trinajstić information content (AvgIpc) is 3.06. The summed E-state index contributed by atoms with van der Waals surface area (Å²) in [6.45, 7) is 8.11. The number of benzene rings is 1. The molecule has 0 fully saturated rings. The van der Waals surface area contributed by atoms with E-state index >= 15 is 0 Å². The first kappa shape index (κ1) is 17.4. The van der Waals surface area contributed by atoms with Gasteiger partial charge in [0.15, 0.2) is 5.96 Å². The Morgan fingerprint density at radius 3 is 2.70 bits per heavy atom. The van der Waals surface area contributed by atoms with E-state index in [4.69, 9.17) is 9.73 Å². The summed E-state index contributed by atoms with van der Waals surface area (Å²) >= 11 is 0. The fraction of sp³-hybridized carbons (Fsp3) is 0.526. The lowest BCUT2D eigenvalue weighted by Gasteiger charge is -2.25. The highest BCUT2D eigenvalue weighted by molar-refractivity contribution is 5.80. The van der Waals surface area contributed by atoms with Crippen LogP contribution in [0.25, 0.3) is 0 Å². The number of rotatable bonds is 6. The molecule has 2 rings (SSSR count). The Morgan fingerprint density at radius 2 is 2.04 bits per heavy atom. The second-order valence-corrected chi connectivity index (χ2v) is 6.60. The maximum atomic E-state index is 5.34. The van der Waals surface area contributed by atoms with Gasteiger partial charge in [0.05, 0.1) is 13.7 Å². The minimum atomic E-state index is -0.0508. The van der Waals surface area contributed by atoms with E-state index in [2.05, 4.69) is 55.7 Å². The molecule has 0 saturated heterocycles. The third-order valence-electron chi connectivity index (χ3n) is 4.18. The molecule has 126 valence electrons. The predicted molar refractivity (Wildman–Crippen MR) is 97.3 cm³/mol. The van der Waals surface area contributed by atoms with Gasteiger partial charge in [-0.15, -0.1) is 0 Å². The van der Waals surface area contributed by atoms with Gasteiger partial charge in [0.1, 0.15) is 5.75 Å². The van der Waals surface area contributed by atoms with E-state index in [9.17, 15) is 0 Å². The number of aliphatic imine (C=N–C) groups is 1. The smallest absolute Gasteiger partial charge is 0.191 e. The fourth-order valence-corrected chi connectivity index (χ4v) is 2.66. The first-order valence-corrected chi connectivity index (χ1v) is 8.39. The zero-order valence-electron chi connectivity index (χ0n) is 14.7. The van der Waals surface area contributed by atoms with Crippen molar-refractivity contribution in [3.63, 3.8) is 0 Å². The number of guanidine groups is 1. The summed E-state index contributed by atoms with van der Waals surface area (Å²) in [4.78, 5) is 4.81. The third-order valence-corrected chi connectivity index (χ3v) is 4.18. The van der Waals surface area contributed by atoms with E-state index in [0.717, 1.165) is 37.6 Å². The Labute approximate surface area is 140 Å². The van der Waals surface area contributed by atoms with Gasteiger partial charge in [-0.1, -0.05) is 38.1 Å². The molecular weight excluding hydrogens is 286 g/mol. The van der Waals surface area contributed by atoms with Crippen LogP contribution in [-0.4, -0.2) is 32.2 Å². The van der Waals surface area contributed by atoms with Gasteiger partial charge in [0, 0.05) is 18.0 Å². The standard InChI is InChI=1S/C19H29N3O/c1-5-20-18(22-16-10-6-7-11-16)21-14-19(2,3)15-9-8-12-17(13-15)23-4/h6-9,12-13,16H,5,10-11,14H2,1-4H3,(H2,20,21,22). The Bertz CT molecular complexity index is 555. The SMILES string of the molecule is CCNC(=NCC(C)(C)c1cccc(OC)c1)NC1CC=CC1. The molecule has 0 aromatic heterocycles. The summed E-state index contributed by atoms with van der Waals surface area (Å²) in [5, 5.41) is 6.86. The van der Waals surface area contributed by atoms with Gasteiger partial charge < -0.3 is 15.4 Å². The molecule has 0 radical (unpaired) electrons. The van der Waals surface area contributed by atoms with E-state index in [1.807, 2.05) is 12.1 Å². The molecule has 0 saturated carbocycles. The van der Waals surface area contributed by atoms with Crippen LogP contribution in [0, 0.1) is 0 Å². The first-order valence-electron chi connectivity index (χ1n) is 8.39. The lowest BCUT2D eigenvalue weighted by atomic mass is 9.84. The van der Waals surface area contributed by atoms with Crippen LogP contribution in [0.2, 0.25) is 0 Å². The fourth-order valence-electron chi connectivity index (χ4n) is 2.66. The van der Waals surface area contributed by atoms with Gasteiger partial charge in [0.25, 0.3) is 0 Å². The maximum Gasteiger partial charge on any atom is 0.191 e. The van der Waals surface area contributed by atoms with Crippen molar-refractivity contribution in [2.45, 2.75) is 45.1 Å². The van der Waals surface area contributed by atoms with Gasteiger partial charge >= 0.3 is 0 Å². The molecule has 23 heavy (non-hydrogen) atoms. The summed E-state index contributed by atoms with van der Waals surface area (Å²) < 4.78 is 5.34. The molecule has 0 heterocycles. The maximum absolute atomic E-state index is 5.34. The number of methoxy groups -OCH3 is 1. The van der Waals surface area contributed by atoms with Crippen LogP contribution in [-0.2, 0) is 5.41 Å². The zero-order valence-corrected chi connectivity index (χ0v) is 14.7. The molecule has 0 bridgehead atoms. The molecule has 0 atom stereocenters. The second-order valence-electron chi connectivity index (χ2n) is 6.60. The number of nitrogens with zero attached hydrogens (tertiary/aromatic N) is 1. The minimum Gasteiger partial charge on any atom is -0.497 e. The number of hydrogen-bond donors (Lipinski definition) is 2. The average molecular weight is 315 g/mol. The molecule has 4 heteroatoms.